The average Bonchev–Trinajstić information content (AvgIpc) is 2.61. The topological polar surface area (TPSA) is 47.9 Å². The molecule has 134 valence electrons. The molecule has 1 aliphatic heterocycles. The summed E-state index contributed by atoms with van der Waals surface area (Å²) in [5.41, 5.74) is 2.34. The maximum absolute atomic E-state index is 9.89. The van der Waals surface area contributed by atoms with Crippen molar-refractivity contribution in [3.8, 4) is 11.5 Å². The summed E-state index contributed by atoms with van der Waals surface area (Å²) in [7, 11) is 1.67. The first-order chi connectivity index (χ1) is 12.1. The van der Waals surface area contributed by atoms with Gasteiger partial charge in [0.25, 0.3) is 0 Å². The van der Waals surface area contributed by atoms with Gasteiger partial charge in [0, 0.05) is 12.8 Å². The fourth-order valence-corrected chi connectivity index (χ4v) is 3.27. The lowest BCUT2D eigenvalue weighted by atomic mass is 10.0. The molecule has 0 aromatic heterocycles. The predicted octanol–water partition coefficient (Wildman–Crippen LogP) is 3.59. The van der Waals surface area contributed by atoms with Crippen molar-refractivity contribution in [1.29, 1.82) is 0 Å². The molecule has 2 aromatic carbocycles. The quantitative estimate of drug-likeness (QED) is 0.871. The van der Waals surface area contributed by atoms with Gasteiger partial charge < -0.3 is 19.3 Å². The number of benzene rings is 2. The van der Waals surface area contributed by atoms with E-state index < -0.39 is 0 Å². The van der Waals surface area contributed by atoms with Crippen LogP contribution in [0.15, 0.2) is 48.5 Å². The minimum Gasteiger partial charge on any atom is -0.497 e. The molecular formula is C21H26O4. The number of aliphatic hydroxyl groups excluding tert-OH is 1. The van der Waals surface area contributed by atoms with Gasteiger partial charge in [-0.25, -0.2) is 0 Å². The molecule has 0 spiro atoms. The van der Waals surface area contributed by atoms with E-state index in [1.54, 1.807) is 7.11 Å². The maximum Gasteiger partial charge on any atom is 0.122 e. The second-order valence-electron chi connectivity index (χ2n) is 6.64. The van der Waals surface area contributed by atoms with Gasteiger partial charge in [0.1, 0.15) is 18.1 Å². The molecule has 1 saturated heterocycles. The smallest absolute Gasteiger partial charge is 0.122 e. The molecule has 0 radical (unpaired) electrons. The van der Waals surface area contributed by atoms with Crippen LogP contribution in [0, 0.1) is 0 Å². The Labute approximate surface area is 149 Å². The number of methoxy groups -OCH3 is 1. The highest BCUT2D eigenvalue weighted by Gasteiger charge is 2.26. The van der Waals surface area contributed by atoms with Crippen molar-refractivity contribution in [2.45, 2.75) is 44.5 Å². The summed E-state index contributed by atoms with van der Waals surface area (Å²) in [6.07, 6.45) is 1.84. The minimum atomic E-state index is -0.299. The van der Waals surface area contributed by atoms with Gasteiger partial charge in [-0.15, -0.1) is 0 Å². The highest BCUT2D eigenvalue weighted by atomic mass is 16.5. The number of aliphatic hydroxyl groups is 1. The molecule has 0 bridgehead atoms. The normalized spacial score (nSPS) is 23.2. The van der Waals surface area contributed by atoms with Gasteiger partial charge in [-0.05, 0) is 42.7 Å². The van der Waals surface area contributed by atoms with Crippen molar-refractivity contribution < 1.29 is 19.3 Å². The van der Waals surface area contributed by atoms with Crippen LogP contribution in [0.1, 0.15) is 30.9 Å². The molecule has 25 heavy (non-hydrogen) atoms. The Morgan fingerprint density at radius 2 is 1.84 bits per heavy atom. The number of ether oxygens (including phenoxy) is 3. The molecule has 1 heterocycles. The monoisotopic (exact) mass is 342 g/mol. The van der Waals surface area contributed by atoms with Crippen molar-refractivity contribution in [1.82, 2.24) is 0 Å². The first-order valence-corrected chi connectivity index (χ1v) is 8.81. The zero-order valence-corrected chi connectivity index (χ0v) is 14.9. The first-order valence-electron chi connectivity index (χ1n) is 8.81. The summed E-state index contributed by atoms with van der Waals surface area (Å²) in [5.74, 6) is 1.73. The van der Waals surface area contributed by atoms with E-state index in [0.29, 0.717) is 19.4 Å². The van der Waals surface area contributed by atoms with Crippen LogP contribution in [0.25, 0.3) is 0 Å². The van der Waals surface area contributed by atoms with Crippen LogP contribution in [0.2, 0.25) is 0 Å². The van der Waals surface area contributed by atoms with E-state index in [0.717, 1.165) is 23.5 Å². The van der Waals surface area contributed by atoms with Crippen molar-refractivity contribution in [3.63, 3.8) is 0 Å². The second kappa shape index (κ2) is 8.37. The third kappa shape index (κ3) is 4.97. The highest BCUT2D eigenvalue weighted by Crippen LogP contribution is 2.25. The van der Waals surface area contributed by atoms with Gasteiger partial charge >= 0.3 is 0 Å². The molecule has 2 aromatic rings. The van der Waals surface area contributed by atoms with Crippen LogP contribution in [-0.2, 0) is 11.2 Å². The van der Waals surface area contributed by atoms with Gasteiger partial charge in [0.15, 0.2) is 0 Å². The van der Waals surface area contributed by atoms with Gasteiger partial charge in [0.2, 0.25) is 0 Å². The van der Waals surface area contributed by atoms with Gasteiger partial charge in [0.05, 0.1) is 25.4 Å². The van der Waals surface area contributed by atoms with Crippen LogP contribution in [0.4, 0.5) is 0 Å². The molecule has 1 N–H and O–H groups in total. The summed E-state index contributed by atoms with van der Waals surface area (Å²) in [6.45, 7) is 2.45. The van der Waals surface area contributed by atoms with Crippen molar-refractivity contribution in [3.05, 3.63) is 59.7 Å². The van der Waals surface area contributed by atoms with E-state index in [4.69, 9.17) is 14.2 Å². The average molecular weight is 342 g/mol. The molecule has 0 amide bonds. The van der Waals surface area contributed by atoms with E-state index in [2.05, 4.69) is 18.2 Å². The van der Waals surface area contributed by atoms with Crippen molar-refractivity contribution in [2.24, 2.45) is 0 Å². The number of rotatable bonds is 6. The lowest BCUT2D eigenvalue weighted by Crippen LogP contribution is -2.37. The molecule has 1 fully saturated rings. The molecule has 4 nitrogen and oxygen atoms in total. The zero-order chi connectivity index (χ0) is 17.6. The Morgan fingerprint density at radius 3 is 2.56 bits per heavy atom. The number of para-hydroxylation sites is 1. The summed E-state index contributed by atoms with van der Waals surface area (Å²) in [6, 6.07) is 16.1. The van der Waals surface area contributed by atoms with Crippen LogP contribution in [0.5, 0.6) is 11.5 Å². The third-order valence-corrected chi connectivity index (χ3v) is 4.51. The first kappa shape index (κ1) is 17.8. The van der Waals surface area contributed by atoms with Crippen molar-refractivity contribution in [2.75, 3.05) is 13.7 Å². The summed E-state index contributed by atoms with van der Waals surface area (Å²) in [4.78, 5) is 0. The third-order valence-electron chi connectivity index (χ3n) is 4.51. The molecular weight excluding hydrogens is 316 g/mol. The molecule has 3 atom stereocenters. The molecule has 0 saturated carbocycles. The summed E-state index contributed by atoms with van der Waals surface area (Å²) < 4.78 is 17.1. The Bertz CT molecular complexity index is 658. The van der Waals surface area contributed by atoms with Crippen LogP contribution < -0.4 is 9.47 Å². The van der Waals surface area contributed by atoms with E-state index in [1.807, 2.05) is 37.3 Å². The molecule has 1 aliphatic rings. The van der Waals surface area contributed by atoms with Crippen LogP contribution >= 0.6 is 0 Å². The predicted molar refractivity (Wildman–Crippen MR) is 97.3 cm³/mol. The molecule has 3 rings (SSSR count). The van der Waals surface area contributed by atoms with Gasteiger partial charge in [-0.2, -0.15) is 0 Å². The fraction of sp³-hybridized carbons (Fsp3) is 0.429. The molecule has 1 unspecified atom stereocenters. The number of hydrogen-bond donors (Lipinski definition) is 1. The molecule has 0 aliphatic carbocycles. The van der Waals surface area contributed by atoms with E-state index in [9.17, 15) is 5.11 Å². The highest BCUT2D eigenvalue weighted by molar-refractivity contribution is 5.38. The Kier molecular flexibility index (Phi) is 5.95. The van der Waals surface area contributed by atoms with E-state index in [1.165, 1.54) is 5.56 Å². The maximum atomic E-state index is 9.89. The summed E-state index contributed by atoms with van der Waals surface area (Å²) in [5, 5.41) is 9.89. The Balaban J connectivity index is 1.64. The van der Waals surface area contributed by atoms with Crippen molar-refractivity contribution >= 4 is 0 Å². The van der Waals surface area contributed by atoms with E-state index in [-0.39, 0.29) is 18.3 Å². The standard InChI is InChI=1S/C21H26O4/c1-15-11-18(22)13-20(25-15)14-24-21-6-4-3-5-17(21)12-16-7-9-19(23-2)10-8-16/h3-10,15,18,20,22H,11-14H2,1-2H3/t15-,18+,20?/m1/s1. The SMILES string of the molecule is COc1ccc(Cc2ccccc2OCC2C[C@@H](O)C[C@@H](C)O2)cc1. The molecule has 4 heteroatoms. The largest absolute Gasteiger partial charge is 0.497 e. The fourth-order valence-electron chi connectivity index (χ4n) is 3.27. The number of hydrogen-bond acceptors (Lipinski definition) is 4. The van der Waals surface area contributed by atoms with Crippen LogP contribution in [0.3, 0.4) is 0 Å². The minimum absolute atomic E-state index is 0.0622. The van der Waals surface area contributed by atoms with Gasteiger partial charge in [-0.3, -0.25) is 0 Å². The zero-order valence-electron chi connectivity index (χ0n) is 14.9. The van der Waals surface area contributed by atoms with E-state index >= 15 is 0 Å². The lowest BCUT2D eigenvalue weighted by molar-refractivity contribution is -0.101. The second-order valence-corrected chi connectivity index (χ2v) is 6.64. The Morgan fingerprint density at radius 1 is 1.08 bits per heavy atom. The lowest BCUT2D eigenvalue weighted by Gasteiger charge is -2.31. The van der Waals surface area contributed by atoms with Gasteiger partial charge in [-0.1, -0.05) is 30.3 Å². The van der Waals surface area contributed by atoms with Crippen LogP contribution in [-0.4, -0.2) is 37.1 Å². The Hall–Kier alpha value is -2.04. The summed E-state index contributed by atoms with van der Waals surface area (Å²) >= 11 is 0.